The Kier molecular flexibility index (Phi) is 3.31. The van der Waals surface area contributed by atoms with Gasteiger partial charge in [0.25, 0.3) is 0 Å². The van der Waals surface area contributed by atoms with Gasteiger partial charge < -0.3 is 9.72 Å². The Morgan fingerprint density at radius 2 is 2.05 bits per heavy atom. The summed E-state index contributed by atoms with van der Waals surface area (Å²) in [5.74, 6) is 1.86. The monoisotopic (exact) mass is 293 g/mol. The standard InChI is InChI=1S/C18H19N3O/c1-22-15-6-7-16-17(10-15)20-18(19-16)12-21-9-8-13-4-2-3-5-14(13)11-21/h2-7,10H,8-9,11-12H2,1H3,(H,19,20). The van der Waals surface area contributed by atoms with Crippen molar-refractivity contribution in [2.24, 2.45) is 0 Å². The van der Waals surface area contributed by atoms with Crippen molar-refractivity contribution < 1.29 is 4.74 Å². The number of imidazole rings is 1. The summed E-state index contributed by atoms with van der Waals surface area (Å²) in [6.45, 7) is 2.93. The fraction of sp³-hybridized carbons (Fsp3) is 0.278. The van der Waals surface area contributed by atoms with Crippen molar-refractivity contribution in [1.82, 2.24) is 14.9 Å². The molecule has 22 heavy (non-hydrogen) atoms. The largest absolute Gasteiger partial charge is 0.497 e. The first-order valence-corrected chi connectivity index (χ1v) is 7.63. The van der Waals surface area contributed by atoms with Crippen LogP contribution in [0, 0.1) is 0 Å². The van der Waals surface area contributed by atoms with E-state index in [1.165, 1.54) is 11.1 Å². The third kappa shape index (κ3) is 2.46. The Morgan fingerprint density at radius 1 is 1.18 bits per heavy atom. The summed E-state index contributed by atoms with van der Waals surface area (Å²) in [5.41, 5.74) is 4.94. The van der Waals surface area contributed by atoms with E-state index in [0.717, 1.165) is 48.7 Å². The number of nitrogens with one attached hydrogen (secondary N) is 1. The highest BCUT2D eigenvalue weighted by molar-refractivity contribution is 5.76. The van der Waals surface area contributed by atoms with Crippen LogP contribution in [0.4, 0.5) is 0 Å². The molecule has 1 aromatic heterocycles. The SMILES string of the molecule is COc1ccc2[nH]c(CN3CCc4ccccc4C3)nc2c1. The number of H-pyrrole nitrogens is 1. The molecule has 2 heterocycles. The van der Waals surface area contributed by atoms with Crippen molar-refractivity contribution in [3.63, 3.8) is 0 Å². The second-order valence-corrected chi connectivity index (χ2v) is 5.80. The van der Waals surface area contributed by atoms with E-state index in [4.69, 9.17) is 9.72 Å². The molecule has 0 saturated carbocycles. The number of hydrogen-bond donors (Lipinski definition) is 1. The summed E-state index contributed by atoms with van der Waals surface area (Å²) in [5, 5.41) is 0. The Labute approximate surface area is 129 Å². The first-order chi connectivity index (χ1) is 10.8. The van der Waals surface area contributed by atoms with Gasteiger partial charge in [-0.15, -0.1) is 0 Å². The van der Waals surface area contributed by atoms with Gasteiger partial charge in [-0.2, -0.15) is 0 Å². The Balaban J connectivity index is 1.54. The maximum atomic E-state index is 5.26. The summed E-state index contributed by atoms with van der Waals surface area (Å²) in [7, 11) is 1.68. The van der Waals surface area contributed by atoms with E-state index in [-0.39, 0.29) is 0 Å². The van der Waals surface area contributed by atoms with E-state index < -0.39 is 0 Å². The summed E-state index contributed by atoms with van der Waals surface area (Å²) in [6.07, 6.45) is 1.12. The highest BCUT2D eigenvalue weighted by Crippen LogP contribution is 2.22. The van der Waals surface area contributed by atoms with Crippen molar-refractivity contribution in [3.05, 3.63) is 59.4 Å². The molecule has 0 amide bonds. The number of methoxy groups -OCH3 is 1. The molecule has 0 unspecified atom stereocenters. The lowest BCUT2D eigenvalue weighted by atomic mass is 10.00. The summed E-state index contributed by atoms with van der Waals surface area (Å²) >= 11 is 0. The van der Waals surface area contributed by atoms with E-state index in [2.05, 4.69) is 34.1 Å². The minimum absolute atomic E-state index is 0.845. The summed E-state index contributed by atoms with van der Waals surface area (Å²) < 4.78 is 5.26. The van der Waals surface area contributed by atoms with Crippen LogP contribution < -0.4 is 4.74 Å². The molecule has 4 heteroatoms. The second kappa shape index (κ2) is 5.46. The lowest BCUT2D eigenvalue weighted by molar-refractivity contribution is 0.240. The first kappa shape index (κ1) is 13.3. The van der Waals surface area contributed by atoms with Gasteiger partial charge in [0.1, 0.15) is 11.6 Å². The molecular weight excluding hydrogens is 274 g/mol. The average molecular weight is 293 g/mol. The predicted molar refractivity (Wildman–Crippen MR) is 86.9 cm³/mol. The highest BCUT2D eigenvalue weighted by atomic mass is 16.5. The molecule has 2 aromatic carbocycles. The van der Waals surface area contributed by atoms with Crippen molar-refractivity contribution in [1.29, 1.82) is 0 Å². The number of fused-ring (bicyclic) bond motifs is 2. The molecule has 1 aliphatic rings. The van der Waals surface area contributed by atoms with Crippen LogP contribution in [-0.4, -0.2) is 28.5 Å². The minimum atomic E-state index is 0.845. The number of aromatic amines is 1. The average Bonchev–Trinajstić information content (AvgIpc) is 2.95. The molecule has 0 bridgehead atoms. The van der Waals surface area contributed by atoms with Gasteiger partial charge in [-0.05, 0) is 29.7 Å². The van der Waals surface area contributed by atoms with E-state index in [0.29, 0.717) is 0 Å². The zero-order valence-corrected chi connectivity index (χ0v) is 12.7. The van der Waals surface area contributed by atoms with Gasteiger partial charge in [-0.1, -0.05) is 24.3 Å². The molecule has 0 fully saturated rings. The molecule has 0 saturated heterocycles. The van der Waals surface area contributed by atoms with Crippen molar-refractivity contribution >= 4 is 11.0 Å². The summed E-state index contributed by atoms with van der Waals surface area (Å²) in [4.78, 5) is 10.5. The third-order valence-electron chi connectivity index (χ3n) is 4.32. The number of ether oxygens (including phenoxy) is 1. The van der Waals surface area contributed by atoms with Gasteiger partial charge in [0, 0.05) is 19.2 Å². The Hall–Kier alpha value is -2.33. The predicted octanol–water partition coefficient (Wildman–Crippen LogP) is 3.13. The maximum Gasteiger partial charge on any atom is 0.121 e. The quantitative estimate of drug-likeness (QED) is 0.806. The normalized spacial score (nSPS) is 15.0. The molecule has 3 aromatic rings. The molecule has 0 radical (unpaired) electrons. The van der Waals surface area contributed by atoms with Crippen molar-refractivity contribution in [3.8, 4) is 5.75 Å². The third-order valence-corrected chi connectivity index (χ3v) is 4.32. The van der Waals surface area contributed by atoms with Crippen LogP contribution in [0.2, 0.25) is 0 Å². The minimum Gasteiger partial charge on any atom is -0.497 e. The summed E-state index contributed by atoms with van der Waals surface area (Å²) in [6, 6.07) is 14.7. The lowest BCUT2D eigenvalue weighted by Crippen LogP contribution is -2.30. The second-order valence-electron chi connectivity index (χ2n) is 5.80. The van der Waals surface area contributed by atoms with Crippen LogP contribution in [0.15, 0.2) is 42.5 Å². The van der Waals surface area contributed by atoms with Gasteiger partial charge in [-0.25, -0.2) is 4.98 Å². The Bertz CT molecular complexity index is 809. The van der Waals surface area contributed by atoms with Crippen LogP contribution in [0.5, 0.6) is 5.75 Å². The molecule has 1 aliphatic heterocycles. The topological polar surface area (TPSA) is 41.1 Å². The van der Waals surface area contributed by atoms with Gasteiger partial charge >= 0.3 is 0 Å². The number of nitrogens with zero attached hydrogens (tertiary/aromatic N) is 2. The smallest absolute Gasteiger partial charge is 0.121 e. The molecular formula is C18H19N3O. The van der Waals surface area contributed by atoms with Crippen molar-refractivity contribution in [2.75, 3.05) is 13.7 Å². The first-order valence-electron chi connectivity index (χ1n) is 7.63. The zero-order valence-electron chi connectivity index (χ0n) is 12.7. The van der Waals surface area contributed by atoms with Crippen LogP contribution >= 0.6 is 0 Å². The van der Waals surface area contributed by atoms with Gasteiger partial charge in [0.15, 0.2) is 0 Å². The van der Waals surface area contributed by atoms with Gasteiger partial charge in [0.05, 0.1) is 24.7 Å². The molecule has 0 aliphatic carbocycles. The molecule has 0 spiro atoms. The molecule has 1 N–H and O–H groups in total. The van der Waals surface area contributed by atoms with Crippen LogP contribution in [0.1, 0.15) is 17.0 Å². The molecule has 0 atom stereocenters. The van der Waals surface area contributed by atoms with Crippen molar-refractivity contribution in [2.45, 2.75) is 19.5 Å². The Morgan fingerprint density at radius 3 is 2.91 bits per heavy atom. The van der Waals surface area contributed by atoms with E-state index in [1.807, 2.05) is 18.2 Å². The van der Waals surface area contributed by atoms with Crippen LogP contribution in [0.3, 0.4) is 0 Å². The zero-order chi connectivity index (χ0) is 14.9. The number of hydrogen-bond acceptors (Lipinski definition) is 3. The van der Waals surface area contributed by atoms with Crippen LogP contribution in [-0.2, 0) is 19.5 Å². The lowest BCUT2D eigenvalue weighted by Gasteiger charge is -2.27. The molecule has 4 rings (SSSR count). The van der Waals surface area contributed by atoms with Crippen LogP contribution in [0.25, 0.3) is 11.0 Å². The number of aromatic nitrogens is 2. The molecule has 112 valence electrons. The fourth-order valence-electron chi connectivity index (χ4n) is 3.14. The molecule has 4 nitrogen and oxygen atoms in total. The van der Waals surface area contributed by atoms with E-state index in [1.54, 1.807) is 7.11 Å². The number of benzene rings is 2. The fourth-order valence-corrected chi connectivity index (χ4v) is 3.14. The maximum absolute atomic E-state index is 5.26. The van der Waals surface area contributed by atoms with E-state index in [9.17, 15) is 0 Å². The highest BCUT2D eigenvalue weighted by Gasteiger charge is 2.17. The van der Waals surface area contributed by atoms with Gasteiger partial charge in [0.2, 0.25) is 0 Å². The van der Waals surface area contributed by atoms with E-state index >= 15 is 0 Å². The van der Waals surface area contributed by atoms with Gasteiger partial charge in [-0.3, -0.25) is 4.90 Å². The number of rotatable bonds is 3.